The number of ether oxygens (including phenoxy) is 4. The zero-order valence-electron chi connectivity index (χ0n) is 21.7. The van der Waals surface area contributed by atoms with Gasteiger partial charge in [0.15, 0.2) is 16.6 Å². The van der Waals surface area contributed by atoms with Crippen LogP contribution in [-0.4, -0.2) is 49.3 Å². The summed E-state index contributed by atoms with van der Waals surface area (Å²) in [5, 5.41) is 0.136. The number of carbonyl (C=O) groups excluding carboxylic acids is 2. The minimum atomic E-state index is -0.556. The average Bonchev–Trinajstić information content (AvgIpc) is 3.17. The fourth-order valence-electron chi connectivity index (χ4n) is 3.92. The van der Waals surface area contributed by atoms with Gasteiger partial charge in [-0.3, -0.25) is 14.5 Å². The summed E-state index contributed by atoms with van der Waals surface area (Å²) in [6.45, 7) is 1.96. The summed E-state index contributed by atoms with van der Waals surface area (Å²) in [7, 11) is 2.81. The summed E-state index contributed by atoms with van der Waals surface area (Å²) in [5.74, 6) is 0.134. The molecule has 1 saturated heterocycles. The average molecular weight is 551 g/mol. The molecule has 0 bridgehead atoms. The number of thiocarbonyl (C=S) groups is 1. The van der Waals surface area contributed by atoms with Crippen LogP contribution in [0.3, 0.4) is 0 Å². The number of hydrogen-bond donors (Lipinski definition) is 0. The topological polar surface area (TPSA) is 77.5 Å². The minimum absolute atomic E-state index is 0.0175. The summed E-state index contributed by atoms with van der Waals surface area (Å²) in [6.07, 6.45) is 1.62. The van der Waals surface area contributed by atoms with Crippen LogP contribution in [0.25, 0.3) is 6.08 Å². The maximum atomic E-state index is 14.0. The van der Waals surface area contributed by atoms with Gasteiger partial charge in [-0.1, -0.05) is 24.3 Å². The third-order valence-electron chi connectivity index (χ3n) is 5.89. The van der Waals surface area contributed by atoms with Gasteiger partial charge in [-0.15, -0.1) is 0 Å². The predicted octanol–water partition coefficient (Wildman–Crippen LogP) is 4.96. The molecule has 1 heterocycles. The summed E-state index contributed by atoms with van der Waals surface area (Å²) in [6, 6.07) is 18.3. The van der Waals surface area contributed by atoms with Gasteiger partial charge in [0, 0.05) is 5.56 Å². The van der Waals surface area contributed by atoms with E-state index in [4.69, 9.17) is 31.2 Å². The number of hydrogen-bond acceptors (Lipinski definition) is 7. The number of benzene rings is 3. The molecule has 39 heavy (non-hydrogen) atoms. The van der Waals surface area contributed by atoms with Crippen LogP contribution in [0.5, 0.6) is 17.2 Å². The van der Waals surface area contributed by atoms with Crippen molar-refractivity contribution in [3.05, 3.63) is 89.4 Å². The van der Waals surface area contributed by atoms with Crippen LogP contribution in [0.4, 0.5) is 10.1 Å². The molecule has 3 aromatic rings. The molecule has 1 fully saturated rings. The van der Waals surface area contributed by atoms with Crippen molar-refractivity contribution in [2.24, 2.45) is 0 Å². The Balaban J connectivity index is 1.67. The predicted molar refractivity (Wildman–Crippen MR) is 148 cm³/mol. The van der Waals surface area contributed by atoms with Crippen molar-refractivity contribution in [2.75, 3.05) is 32.3 Å². The molecule has 0 aliphatic carbocycles. The molecule has 0 atom stereocenters. The maximum Gasteiger partial charge on any atom is 0.325 e. The van der Waals surface area contributed by atoms with Gasteiger partial charge < -0.3 is 23.8 Å². The SMILES string of the molecule is CCOc1cc(/C=C2/C(=O)N(c3ccc(OC)cc3)C(=S)N2CC(=O)OC)ccc1OCc1ccccc1F. The van der Waals surface area contributed by atoms with Crippen LogP contribution in [0.1, 0.15) is 18.1 Å². The molecular formula is C29H27FN2O6S. The molecule has 1 aliphatic heterocycles. The summed E-state index contributed by atoms with van der Waals surface area (Å²) < 4.78 is 35.7. The molecule has 0 N–H and O–H groups in total. The zero-order chi connectivity index (χ0) is 27.9. The first-order valence-corrected chi connectivity index (χ1v) is 12.5. The van der Waals surface area contributed by atoms with Crippen LogP contribution in [-0.2, 0) is 20.9 Å². The lowest BCUT2D eigenvalue weighted by Crippen LogP contribution is -2.35. The van der Waals surface area contributed by atoms with E-state index in [1.54, 1.807) is 73.8 Å². The molecular weight excluding hydrogens is 523 g/mol. The Hall–Kier alpha value is -4.44. The molecule has 0 radical (unpaired) electrons. The monoisotopic (exact) mass is 550 g/mol. The first kappa shape index (κ1) is 27.6. The summed E-state index contributed by atoms with van der Waals surface area (Å²) in [4.78, 5) is 28.5. The second-order valence-corrected chi connectivity index (χ2v) is 8.70. The van der Waals surface area contributed by atoms with Crippen molar-refractivity contribution in [3.8, 4) is 17.2 Å². The van der Waals surface area contributed by atoms with Gasteiger partial charge in [-0.25, -0.2) is 4.39 Å². The van der Waals surface area contributed by atoms with E-state index in [0.29, 0.717) is 40.7 Å². The Labute approximate surface area is 231 Å². The van der Waals surface area contributed by atoms with Gasteiger partial charge >= 0.3 is 5.97 Å². The lowest BCUT2D eigenvalue weighted by Gasteiger charge is -2.19. The third kappa shape index (κ3) is 6.18. The number of methoxy groups -OCH3 is 2. The number of rotatable bonds is 10. The number of halogens is 1. The molecule has 0 saturated carbocycles. The smallest absolute Gasteiger partial charge is 0.325 e. The highest BCUT2D eigenvalue weighted by molar-refractivity contribution is 7.80. The van der Waals surface area contributed by atoms with E-state index in [1.807, 2.05) is 6.92 Å². The van der Waals surface area contributed by atoms with Gasteiger partial charge in [-0.2, -0.15) is 0 Å². The van der Waals surface area contributed by atoms with E-state index < -0.39 is 11.9 Å². The second kappa shape index (κ2) is 12.4. The van der Waals surface area contributed by atoms with Gasteiger partial charge in [0.2, 0.25) is 0 Å². The highest BCUT2D eigenvalue weighted by Crippen LogP contribution is 2.33. The van der Waals surface area contributed by atoms with Crippen molar-refractivity contribution in [1.82, 2.24) is 4.90 Å². The Bertz CT molecular complexity index is 1410. The number of esters is 1. The lowest BCUT2D eigenvalue weighted by molar-refractivity contribution is -0.140. The van der Waals surface area contributed by atoms with E-state index >= 15 is 0 Å². The molecule has 8 nitrogen and oxygen atoms in total. The highest BCUT2D eigenvalue weighted by Gasteiger charge is 2.40. The maximum absolute atomic E-state index is 14.0. The molecule has 0 aromatic heterocycles. The Morgan fingerprint density at radius 3 is 2.41 bits per heavy atom. The molecule has 3 aromatic carbocycles. The fourth-order valence-corrected chi connectivity index (χ4v) is 4.27. The van der Waals surface area contributed by atoms with Crippen molar-refractivity contribution >= 4 is 41.0 Å². The standard InChI is InChI=1S/C29H27FN2O6S/c1-4-37-26-16-19(9-14-25(26)38-18-20-7-5-6-8-23(20)30)15-24-28(34)32(21-10-12-22(35-2)13-11-21)29(39)31(24)17-27(33)36-3/h5-16H,4,17-18H2,1-3H3/b24-15-. The number of anilines is 1. The van der Waals surface area contributed by atoms with Gasteiger partial charge in [0.1, 0.15) is 30.4 Å². The van der Waals surface area contributed by atoms with Gasteiger partial charge in [0.25, 0.3) is 5.91 Å². The molecule has 202 valence electrons. The van der Waals surface area contributed by atoms with Crippen LogP contribution in [0.2, 0.25) is 0 Å². The minimum Gasteiger partial charge on any atom is -0.497 e. The Morgan fingerprint density at radius 1 is 1.00 bits per heavy atom. The summed E-state index contributed by atoms with van der Waals surface area (Å²) >= 11 is 5.60. The normalized spacial score (nSPS) is 14.1. The van der Waals surface area contributed by atoms with Crippen LogP contribution in [0.15, 0.2) is 72.4 Å². The second-order valence-electron chi connectivity index (χ2n) is 8.33. The van der Waals surface area contributed by atoms with Crippen LogP contribution in [0, 0.1) is 5.82 Å². The van der Waals surface area contributed by atoms with Gasteiger partial charge in [0.05, 0.1) is 26.5 Å². The highest BCUT2D eigenvalue weighted by atomic mass is 32.1. The first-order valence-electron chi connectivity index (χ1n) is 12.1. The molecule has 1 amide bonds. The van der Waals surface area contributed by atoms with Crippen molar-refractivity contribution in [3.63, 3.8) is 0 Å². The van der Waals surface area contributed by atoms with Gasteiger partial charge in [-0.05, 0) is 73.2 Å². The largest absolute Gasteiger partial charge is 0.497 e. The lowest BCUT2D eigenvalue weighted by atomic mass is 10.1. The Morgan fingerprint density at radius 2 is 1.74 bits per heavy atom. The molecule has 10 heteroatoms. The molecule has 1 aliphatic rings. The molecule has 0 unspecified atom stereocenters. The molecule has 4 rings (SSSR count). The number of carbonyl (C=O) groups is 2. The van der Waals surface area contributed by atoms with Crippen molar-refractivity contribution in [1.29, 1.82) is 0 Å². The number of amides is 1. The van der Waals surface area contributed by atoms with E-state index in [-0.39, 0.29) is 29.8 Å². The van der Waals surface area contributed by atoms with Crippen molar-refractivity contribution in [2.45, 2.75) is 13.5 Å². The summed E-state index contributed by atoms with van der Waals surface area (Å²) in [5.41, 5.74) is 1.72. The van der Waals surface area contributed by atoms with Crippen LogP contribution < -0.4 is 19.1 Å². The van der Waals surface area contributed by atoms with Crippen LogP contribution >= 0.6 is 12.2 Å². The van der Waals surface area contributed by atoms with E-state index in [0.717, 1.165) is 0 Å². The molecule has 0 spiro atoms. The van der Waals surface area contributed by atoms with E-state index in [1.165, 1.54) is 23.0 Å². The zero-order valence-corrected chi connectivity index (χ0v) is 22.5. The quantitative estimate of drug-likeness (QED) is 0.199. The van der Waals surface area contributed by atoms with Crippen molar-refractivity contribution < 1.29 is 32.9 Å². The van der Waals surface area contributed by atoms with E-state index in [2.05, 4.69) is 0 Å². The fraction of sp³-hybridized carbons (Fsp3) is 0.207. The first-order chi connectivity index (χ1) is 18.9. The number of nitrogens with zero attached hydrogens (tertiary/aromatic N) is 2. The van der Waals surface area contributed by atoms with E-state index in [9.17, 15) is 14.0 Å². The third-order valence-corrected chi connectivity index (χ3v) is 6.30. The Kier molecular flexibility index (Phi) is 8.77.